The van der Waals surface area contributed by atoms with Crippen molar-refractivity contribution >= 4 is 23.6 Å². The van der Waals surface area contributed by atoms with Gasteiger partial charge in [0.25, 0.3) is 0 Å². The van der Waals surface area contributed by atoms with Gasteiger partial charge in [0.15, 0.2) is 0 Å². The SMILES string of the molecule is COc1ccccc1SC(C)C(=O)Nc1ncccn1. The predicted octanol–water partition coefficient (Wildman–Crippen LogP) is 2.60. The van der Waals surface area contributed by atoms with E-state index in [-0.39, 0.29) is 11.2 Å². The first-order valence-electron chi connectivity index (χ1n) is 6.08. The number of amides is 1. The molecular formula is C14H15N3O2S. The van der Waals surface area contributed by atoms with Crippen LogP contribution >= 0.6 is 11.8 Å². The minimum Gasteiger partial charge on any atom is -0.496 e. The molecule has 1 aromatic carbocycles. The summed E-state index contributed by atoms with van der Waals surface area (Å²) in [5, 5.41) is 2.39. The number of carbonyl (C=O) groups excluding carboxylic acids is 1. The third kappa shape index (κ3) is 3.71. The molecule has 1 unspecified atom stereocenters. The number of anilines is 1. The number of aromatic nitrogens is 2. The third-order valence-corrected chi connectivity index (χ3v) is 3.70. The van der Waals surface area contributed by atoms with Crippen molar-refractivity contribution in [2.75, 3.05) is 12.4 Å². The maximum Gasteiger partial charge on any atom is 0.239 e. The Morgan fingerprint density at radius 2 is 1.95 bits per heavy atom. The molecule has 0 bridgehead atoms. The van der Waals surface area contributed by atoms with E-state index in [4.69, 9.17) is 4.74 Å². The van der Waals surface area contributed by atoms with Gasteiger partial charge in [-0.25, -0.2) is 9.97 Å². The summed E-state index contributed by atoms with van der Waals surface area (Å²) in [6, 6.07) is 9.30. The van der Waals surface area contributed by atoms with Crippen LogP contribution in [0.5, 0.6) is 5.75 Å². The summed E-state index contributed by atoms with van der Waals surface area (Å²) in [4.78, 5) is 20.9. The average molecular weight is 289 g/mol. The van der Waals surface area contributed by atoms with Crippen LogP contribution in [0.4, 0.5) is 5.95 Å². The third-order valence-electron chi connectivity index (χ3n) is 2.54. The van der Waals surface area contributed by atoms with Gasteiger partial charge in [-0.2, -0.15) is 0 Å². The molecule has 1 amide bonds. The van der Waals surface area contributed by atoms with E-state index < -0.39 is 0 Å². The highest BCUT2D eigenvalue weighted by atomic mass is 32.2. The molecule has 20 heavy (non-hydrogen) atoms. The van der Waals surface area contributed by atoms with Crippen molar-refractivity contribution in [2.24, 2.45) is 0 Å². The Balaban J connectivity index is 2.01. The first-order chi connectivity index (χ1) is 9.70. The molecule has 104 valence electrons. The fraction of sp³-hybridized carbons (Fsp3) is 0.214. The van der Waals surface area contributed by atoms with Gasteiger partial charge in [0, 0.05) is 12.4 Å². The summed E-state index contributed by atoms with van der Waals surface area (Å²) in [5.41, 5.74) is 0. The zero-order valence-corrected chi connectivity index (χ0v) is 12.1. The topological polar surface area (TPSA) is 64.1 Å². The highest BCUT2D eigenvalue weighted by Crippen LogP contribution is 2.32. The second kappa shape index (κ2) is 6.91. The maximum atomic E-state index is 12.1. The van der Waals surface area contributed by atoms with Crippen molar-refractivity contribution in [1.29, 1.82) is 0 Å². The fourth-order valence-electron chi connectivity index (χ4n) is 1.54. The predicted molar refractivity (Wildman–Crippen MR) is 79.0 cm³/mol. The molecule has 0 aliphatic carbocycles. The molecule has 2 aromatic rings. The van der Waals surface area contributed by atoms with E-state index in [1.54, 1.807) is 25.6 Å². The van der Waals surface area contributed by atoms with E-state index in [9.17, 15) is 4.79 Å². The van der Waals surface area contributed by atoms with Crippen LogP contribution in [-0.2, 0) is 4.79 Å². The molecule has 0 spiro atoms. The second-order valence-electron chi connectivity index (χ2n) is 3.97. The Labute approximate surface area is 121 Å². The van der Waals surface area contributed by atoms with E-state index in [0.29, 0.717) is 5.95 Å². The summed E-state index contributed by atoms with van der Waals surface area (Å²) >= 11 is 1.43. The molecule has 0 saturated carbocycles. The summed E-state index contributed by atoms with van der Waals surface area (Å²) < 4.78 is 5.27. The lowest BCUT2D eigenvalue weighted by atomic mass is 10.3. The number of para-hydroxylation sites is 1. The zero-order chi connectivity index (χ0) is 14.4. The zero-order valence-electron chi connectivity index (χ0n) is 11.2. The average Bonchev–Trinajstić information content (AvgIpc) is 2.48. The summed E-state index contributed by atoms with van der Waals surface area (Å²) in [5.74, 6) is 0.921. The molecule has 0 aliphatic heterocycles. The maximum absolute atomic E-state index is 12.1. The van der Waals surface area contributed by atoms with Crippen molar-refractivity contribution in [3.8, 4) is 5.75 Å². The molecule has 5 nitrogen and oxygen atoms in total. The Kier molecular flexibility index (Phi) is 4.95. The van der Waals surface area contributed by atoms with Crippen LogP contribution in [0.1, 0.15) is 6.92 Å². The van der Waals surface area contributed by atoms with Crippen LogP contribution in [0.2, 0.25) is 0 Å². The standard InChI is InChI=1S/C14H15N3O2S/c1-10(13(18)17-14-15-8-5-9-16-14)20-12-7-4-3-6-11(12)19-2/h3-10H,1-2H3,(H,15,16,17,18). The first-order valence-corrected chi connectivity index (χ1v) is 6.96. The van der Waals surface area contributed by atoms with Crippen LogP contribution in [0.25, 0.3) is 0 Å². The van der Waals surface area contributed by atoms with Crippen molar-refractivity contribution in [3.63, 3.8) is 0 Å². The number of hydrogen-bond acceptors (Lipinski definition) is 5. The fourth-order valence-corrected chi connectivity index (χ4v) is 2.51. The Bertz CT molecular complexity index is 578. The van der Waals surface area contributed by atoms with Gasteiger partial charge in [0.2, 0.25) is 11.9 Å². The Hall–Kier alpha value is -2.08. The van der Waals surface area contributed by atoms with Gasteiger partial charge in [-0.15, -0.1) is 11.8 Å². The smallest absolute Gasteiger partial charge is 0.239 e. The monoisotopic (exact) mass is 289 g/mol. The van der Waals surface area contributed by atoms with Gasteiger partial charge in [-0.3, -0.25) is 10.1 Å². The largest absolute Gasteiger partial charge is 0.496 e. The molecule has 1 N–H and O–H groups in total. The minimum atomic E-state index is -0.282. The molecule has 2 rings (SSSR count). The number of carbonyl (C=O) groups is 1. The molecule has 0 radical (unpaired) electrons. The van der Waals surface area contributed by atoms with Gasteiger partial charge < -0.3 is 4.74 Å². The second-order valence-corrected chi connectivity index (χ2v) is 5.36. The van der Waals surface area contributed by atoms with Crippen LogP contribution in [0, 0.1) is 0 Å². The number of methoxy groups -OCH3 is 1. The molecule has 0 saturated heterocycles. The number of thioether (sulfide) groups is 1. The summed E-state index contributed by atoms with van der Waals surface area (Å²) in [6.45, 7) is 1.83. The van der Waals surface area contributed by atoms with Crippen LogP contribution < -0.4 is 10.1 Å². The first kappa shape index (κ1) is 14.3. The minimum absolute atomic E-state index is 0.146. The lowest BCUT2D eigenvalue weighted by Crippen LogP contribution is -2.23. The van der Waals surface area contributed by atoms with Gasteiger partial charge >= 0.3 is 0 Å². The van der Waals surface area contributed by atoms with E-state index >= 15 is 0 Å². The quantitative estimate of drug-likeness (QED) is 0.857. The van der Waals surface area contributed by atoms with Crippen molar-refractivity contribution in [2.45, 2.75) is 17.1 Å². The van der Waals surface area contributed by atoms with Gasteiger partial charge in [-0.1, -0.05) is 12.1 Å². The van der Waals surface area contributed by atoms with Crippen molar-refractivity contribution in [3.05, 3.63) is 42.7 Å². The van der Waals surface area contributed by atoms with Crippen molar-refractivity contribution < 1.29 is 9.53 Å². The molecular weight excluding hydrogens is 274 g/mol. The Morgan fingerprint density at radius 3 is 2.65 bits per heavy atom. The number of ether oxygens (including phenoxy) is 1. The summed E-state index contributed by atoms with van der Waals surface area (Å²) in [6.07, 6.45) is 3.17. The molecule has 1 heterocycles. The highest BCUT2D eigenvalue weighted by molar-refractivity contribution is 8.00. The molecule has 1 atom stereocenters. The van der Waals surface area contributed by atoms with E-state index in [0.717, 1.165) is 10.6 Å². The van der Waals surface area contributed by atoms with E-state index in [2.05, 4.69) is 15.3 Å². The van der Waals surface area contributed by atoms with E-state index in [1.165, 1.54) is 11.8 Å². The normalized spacial score (nSPS) is 11.7. The van der Waals surface area contributed by atoms with Gasteiger partial charge in [0.05, 0.1) is 17.3 Å². The van der Waals surface area contributed by atoms with Crippen LogP contribution in [0.3, 0.4) is 0 Å². The number of nitrogens with one attached hydrogen (secondary N) is 1. The van der Waals surface area contributed by atoms with Gasteiger partial charge in [0.1, 0.15) is 5.75 Å². The van der Waals surface area contributed by atoms with Crippen molar-refractivity contribution in [1.82, 2.24) is 9.97 Å². The van der Waals surface area contributed by atoms with E-state index in [1.807, 2.05) is 31.2 Å². The molecule has 1 aromatic heterocycles. The molecule has 6 heteroatoms. The van der Waals surface area contributed by atoms with Gasteiger partial charge in [-0.05, 0) is 25.1 Å². The Morgan fingerprint density at radius 1 is 1.25 bits per heavy atom. The number of hydrogen-bond donors (Lipinski definition) is 1. The number of benzene rings is 1. The summed E-state index contributed by atoms with van der Waals surface area (Å²) in [7, 11) is 1.61. The highest BCUT2D eigenvalue weighted by Gasteiger charge is 2.17. The molecule has 0 fully saturated rings. The lowest BCUT2D eigenvalue weighted by molar-refractivity contribution is -0.115. The molecule has 0 aliphatic rings. The van der Waals surface area contributed by atoms with Crippen LogP contribution in [0.15, 0.2) is 47.6 Å². The number of rotatable bonds is 5. The van der Waals surface area contributed by atoms with Crippen LogP contribution in [-0.4, -0.2) is 28.2 Å². The number of nitrogens with zero attached hydrogens (tertiary/aromatic N) is 2. The lowest BCUT2D eigenvalue weighted by Gasteiger charge is -2.13.